The molecule has 7 rings (SSSR count). The van der Waals surface area contributed by atoms with Crippen LogP contribution in [-0.4, -0.2) is 52.2 Å². The quantitative estimate of drug-likeness (QED) is 0.0515. The van der Waals surface area contributed by atoms with Gasteiger partial charge in [-0.25, -0.2) is 0 Å². The fourth-order valence-electron chi connectivity index (χ4n) is 6.78. The molecule has 1 saturated heterocycles. The number of carbonyl (C=O) groups excluding carboxylic acids is 3. The zero-order chi connectivity index (χ0) is 42.4. The molecule has 0 atom stereocenters. The average molecular weight is 812 g/mol. The number of benzene rings is 6. The lowest BCUT2D eigenvalue weighted by atomic mass is 9.92. The van der Waals surface area contributed by atoms with Crippen molar-refractivity contribution in [1.29, 1.82) is 0 Å². The molecule has 0 unspecified atom stereocenters. The number of carboxylic acid groups (broad SMARTS) is 1. The third kappa shape index (κ3) is 14.6. The zero-order valence-electron chi connectivity index (χ0n) is 34.2. The van der Waals surface area contributed by atoms with Crippen molar-refractivity contribution in [3.05, 3.63) is 145 Å². The van der Waals surface area contributed by atoms with Crippen molar-refractivity contribution in [1.82, 2.24) is 10.4 Å². The highest BCUT2D eigenvalue weighted by Gasteiger charge is 2.26. The molecule has 6 aromatic carbocycles. The number of nitrogens with one attached hydrogen (secondary N) is 1. The monoisotopic (exact) mass is 811 g/mol. The van der Waals surface area contributed by atoms with Crippen LogP contribution in [0, 0.1) is 0 Å². The fourth-order valence-corrected chi connectivity index (χ4v) is 6.78. The van der Waals surface area contributed by atoms with E-state index in [1.165, 1.54) is 42.0 Å². The molecule has 9 heteroatoms. The topological polar surface area (TPSA) is 150 Å². The van der Waals surface area contributed by atoms with Gasteiger partial charge < -0.3 is 16.2 Å². The van der Waals surface area contributed by atoms with E-state index in [4.69, 9.17) is 16.0 Å². The third-order valence-electron chi connectivity index (χ3n) is 9.78. The largest absolute Gasteiger partial charge is 0.481 e. The molecule has 1 aliphatic rings. The zero-order valence-corrected chi connectivity index (χ0v) is 34.2. The van der Waals surface area contributed by atoms with Gasteiger partial charge >= 0.3 is 5.97 Å². The number of hydroxylamine groups is 2. The van der Waals surface area contributed by atoms with Gasteiger partial charge in [0.25, 0.3) is 11.8 Å². The van der Waals surface area contributed by atoms with Crippen molar-refractivity contribution >= 4 is 45.2 Å². The third-order valence-corrected chi connectivity index (χ3v) is 9.78. The number of hydrogen-bond donors (Lipinski definition) is 4. The minimum atomic E-state index is -0.808. The molecule has 1 aliphatic heterocycles. The number of rotatable bonds is 13. The first-order chi connectivity index (χ1) is 28.7. The minimum absolute atomic E-state index is 0. The van der Waals surface area contributed by atoms with E-state index < -0.39 is 17.8 Å². The number of nitrogens with zero attached hydrogens (tertiary/aromatic N) is 1. The summed E-state index contributed by atoms with van der Waals surface area (Å²) >= 11 is 0. The van der Waals surface area contributed by atoms with Gasteiger partial charge in [0.05, 0.1) is 12.8 Å². The molecule has 0 aromatic heterocycles. The molecule has 6 aromatic rings. The molecular formula is C51H61N3O6. The predicted molar refractivity (Wildman–Crippen MR) is 245 cm³/mol. The molecule has 60 heavy (non-hydrogen) atoms. The SMILES string of the molecule is C.CCCCCN.CCCCCNC(=O)Cc1ccc2ccccc2c1-c1ccccc1.O=C(O)Cc1ccc2ccccc2c1-c1ccccc1.O=C1CCC(=O)N1O. The number of fused-ring (bicyclic) bond motifs is 2. The Kier molecular flexibility index (Phi) is 20.9. The van der Waals surface area contributed by atoms with E-state index >= 15 is 0 Å². The number of hydrogen-bond acceptors (Lipinski definition) is 6. The molecule has 1 heterocycles. The highest BCUT2D eigenvalue weighted by molar-refractivity contribution is 6.01. The predicted octanol–water partition coefficient (Wildman–Crippen LogP) is 10.8. The Morgan fingerprint density at radius 3 is 1.43 bits per heavy atom. The highest BCUT2D eigenvalue weighted by atomic mass is 16.5. The Hall–Kier alpha value is -6.16. The summed E-state index contributed by atoms with van der Waals surface area (Å²) in [5, 5.41) is 25.4. The smallest absolute Gasteiger partial charge is 0.307 e. The van der Waals surface area contributed by atoms with Gasteiger partial charge in [0, 0.05) is 19.4 Å². The van der Waals surface area contributed by atoms with Crippen molar-refractivity contribution < 1.29 is 29.5 Å². The molecule has 0 aliphatic carbocycles. The number of unbranched alkanes of at least 4 members (excludes halogenated alkanes) is 4. The van der Waals surface area contributed by atoms with Gasteiger partial charge in [-0.15, -0.1) is 0 Å². The second kappa shape index (κ2) is 26.0. The number of aliphatic carboxylic acids is 1. The molecule has 316 valence electrons. The first-order valence-corrected chi connectivity index (χ1v) is 20.5. The van der Waals surface area contributed by atoms with Gasteiger partial charge in [-0.3, -0.25) is 24.4 Å². The van der Waals surface area contributed by atoms with Gasteiger partial charge in [-0.1, -0.05) is 180 Å². The molecule has 0 saturated carbocycles. The summed E-state index contributed by atoms with van der Waals surface area (Å²) < 4.78 is 0. The van der Waals surface area contributed by atoms with Crippen LogP contribution in [0.5, 0.6) is 0 Å². The highest BCUT2D eigenvalue weighted by Crippen LogP contribution is 2.34. The number of carbonyl (C=O) groups is 4. The first-order valence-electron chi connectivity index (χ1n) is 20.5. The van der Waals surface area contributed by atoms with Crippen LogP contribution in [0.1, 0.15) is 83.8 Å². The van der Waals surface area contributed by atoms with Crippen molar-refractivity contribution in [2.75, 3.05) is 13.1 Å². The van der Waals surface area contributed by atoms with Crippen molar-refractivity contribution in [3.63, 3.8) is 0 Å². The second-order valence-electron chi connectivity index (χ2n) is 14.3. The Morgan fingerprint density at radius 2 is 1.03 bits per heavy atom. The second-order valence-corrected chi connectivity index (χ2v) is 14.3. The van der Waals surface area contributed by atoms with Crippen LogP contribution in [0.25, 0.3) is 43.8 Å². The van der Waals surface area contributed by atoms with Crippen LogP contribution in [0.15, 0.2) is 133 Å². The number of amides is 3. The van der Waals surface area contributed by atoms with E-state index in [1.54, 1.807) is 0 Å². The van der Waals surface area contributed by atoms with E-state index in [1.807, 2.05) is 84.9 Å². The lowest BCUT2D eigenvalue weighted by Gasteiger charge is -2.14. The Labute approximate surface area is 355 Å². The maximum atomic E-state index is 12.4. The summed E-state index contributed by atoms with van der Waals surface area (Å²) in [7, 11) is 0. The summed E-state index contributed by atoms with van der Waals surface area (Å²) in [5.74, 6) is -1.72. The van der Waals surface area contributed by atoms with Crippen molar-refractivity contribution in [2.45, 2.75) is 85.5 Å². The lowest BCUT2D eigenvalue weighted by molar-refractivity contribution is -0.171. The van der Waals surface area contributed by atoms with Crippen LogP contribution in [0.3, 0.4) is 0 Å². The molecule has 9 nitrogen and oxygen atoms in total. The van der Waals surface area contributed by atoms with Crippen molar-refractivity contribution in [2.24, 2.45) is 5.73 Å². The molecule has 5 N–H and O–H groups in total. The Morgan fingerprint density at radius 1 is 0.600 bits per heavy atom. The van der Waals surface area contributed by atoms with Crippen LogP contribution in [0.2, 0.25) is 0 Å². The standard InChI is InChI=1S/C23H25NO.C18H14O2.C5H13N.C4H5NO3.CH4/c1-2-3-9-16-24-22(25)17-20-15-14-18-10-7-8-13-21(18)23(20)19-11-5-4-6-12-19;19-17(20)12-15-11-10-13-6-4-5-9-16(13)18(15)14-7-2-1-3-8-14;1-2-3-4-5-6;6-3-1-2-4(7)5(3)8;/h4-8,10-15H,2-3,9,16-17H2,1H3,(H,24,25);1-11H,12H2,(H,19,20);2-6H2,1H3;8H,1-2H2;1H4. The van der Waals surface area contributed by atoms with Crippen LogP contribution < -0.4 is 11.1 Å². The molecule has 0 spiro atoms. The molecular weight excluding hydrogens is 751 g/mol. The van der Waals surface area contributed by atoms with Gasteiger partial charge in [0.15, 0.2) is 0 Å². The summed E-state index contributed by atoms with van der Waals surface area (Å²) in [4.78, 5) is 44.0. The Balaban J connectivity index is 0.000000243. The summed E-state index contributed by atoms with van der Waals surface area (Å²) in [5.41, 5.74) is 11.6. The number of nitrogens with two attached hydrogens (primary N) is 1. The minimum Gasteiger partial charge on any atom is -0.481 e. The summed E-state index contributed by atoms with van der Waals surface area (Å²) in [6.07, 6.45) is 7.88. The van der Waals surface area contributed by atoms with Gasteiger partial charge in [-0.2, -0.15) is 5.06 Å². The maximum Gasteiger partial charge on any atom is 0.307 e. The molecule has 0 radical (unpaired) electrons. The van der Waals surface area contributed by atoms with E-state index in [-0.39, 0.29) is 37.7 Å². The van der Waals surface area contributed by atoms with E-state index in [0.29, 0.717) is 6.42 Å². The molecule has 3 amide bonds. The van der Waals surface area contributed by atoms with Crippen LogP contribution in [0.4, 0.5) is 0 Å². The average Bonchev–Trinajstić information content (AvgIpc) is 3.55. The maximum absolute atomic E-state index is 12.4. The van der Waals surface area contributed by atoms with Gasteiger partial charge in [-0.05, 0) is 74.3 Å². The van der Waals surface area contributed by atoms with Crippen LogP contribution in [-0.2, 0) is 32.0 Å². The number of imide groups is 1. The van der Waals surface area contributed by atoms with E-state index in [9.17, 15) is 19.2 Å². The normalized spacial score (nSPS) is 11.6. The Bertz CT molecular complexity index is 2240. The van der Waals surface area contributed by atoms with Gasteiger partial charge in [0.1, 0.15) is 0 Å². The van der Waals surface area contributed by atoms with Crippen LogP contribution >= 0.6 is 0 Å². The number of carboxylic acids is 1. The summed E-state index contributed by atoms with van der Waals surface area (Å²) in [6, 6.07) is 44.9. The molecule has 1 fully saturated rings. The lowest BCUT2D eigenvalue weighted by Crippen LogP contribution is -2.26. The first kappa shape index (κ1) is 48.2. The van der Waals surface area contributed by atoms with E-state index in [2.05, 4.69) is 67.7 Å². The van der Waals surface area contributed by atoms with Crippen molar-refractivity contribution in [3.8, 4) is 22.3 Å². The fraction of sp³-hybridized carbons (Fsp3) is 0.294. The van der Waals surface area contributed by atoms with Gasteiger partial charge in [0.2, 0.25) is 5.91 Å². The van der Waals surface area contributed by atoms with E-state index in [0.717, 1.165) is 64.5 Å². The summed E-state index contributed by atoms with van der Waals surface area (Å²) in [6.45, 7) is 5.97. The molecule has 0 bridgehead atoms.